The smallest absolute Gasteiger partial charge is 0.226 e. The molecule has 7 heteroatoms. The molecule has 0 radical (unpaired) electrons. The molecule has 4 rings (SSSR count). The molecular weight excluding hydrogens is 342 g/mol. The van der Waals surface area contributed by atoms with Crippen LogP contribution in [-0.2, 0) is 16.6 Å². The largest absolute Gasteiger partial charge is 0.381 e. The Labute approximate surface area is 159 Å². The Morgan fingerprint density at radius 1 is 1.19 bits per heavy atom. The van der Waals surface area contributed by atoms with Gasteiger partial charge >= 0.3 is 0 Å². The van der Waals surface area contributed by atoms with Crippen molar-refractivity contribution in [2.75, 3.05) is 19.8 Å². The molecule has 0 bridgehead atoms. The highest BCUT2D eigenvalue weighted by Crippen LogP contribution is 2.33. The van der Waals surface area contributed by atoms with Crippen LogP contribution in [0, 0.1) is 12.8 Å². The quantitative estimate of drug-likeness (QED) is 0.832. The second kappa shape index (κ2) is 7.76. The van der Waals surface area contributed by atoms with Gasteiger partial charge in [0.25, 0.3) is 0 Å². The van der Waals surface area contributed by atoms with Crippen LogP contribution in [0.1, 0.15) is 49.7 Å². The maximum Gasteiger partial charge on any atom is 0.226 e. The fourth-order valence-corrected chi connectivity index (χ4v) is 4.17. The molecule has 144 valence electrons. The molecule has 0 aromatic carbocycles. The molecule has 0 spiro atoms. The van der Waals surface area contributed by atoms with E-state index in [1.54, 1.807) is 6.20 Å². The van der Waals surface area contributed by atoms with Crippen LogP contribution in [0.4, 0.5) is 0 Å². The number of piperidine rings is 1. The van der Waals surface area contributed by atoms with Crippen molar-refractivity contribution in [1.82, 2.24) is 24.4 Å². The van der Waals surface area contributed by atoms with E-state index in [0.29, 0.717) is 13.2 Å². The normalized spacial score (nSPS) is 21.4. The van der Waals surface area contributed by atoms with Gasteiger partial charge in [0.05, 0.1) is 11.7 Å². The zero-order valence-electron chi connectivity index (χ0n) is 16.1. The molecule has 2 saturated heterocycles. The summed E-state index contributed by atoms with van der Waals surface area (Å²) in [4.78, 5) is 29.0. The molecule has 0 unspecified atom stereocenters. The van der Waals surface area contributed by atoms with Gasteiger partial charge in [0.15, 0.2) is 5.82 Å². The number of ether oxygens (including phenoxy) is 1. The minimum Gasteiger partial charge on any atom is -0.381 e. The minimum atomic E-state index is 0.0230. The molecule has 0 saturated carbocycles. The van der Waals surface area contributed by atoms with Crippen molar-refractivity contribution in [1.29, 1.82) is 0 Å². The van der Waals surface area contributed by atoms with E-state index in [1.165, 1.54) is 0 Å². The van der Waals surface area contributed by atoms with Gasteiger partial charge in [-0.3, -0.25) is 4.79 Å². The first-order valence-corrected chi connectivity index (χ1v) is 9.85. The van der Waals surface area contributed by atoms with Gasteiger partial charge in [-0.2, -0.15) is 0 Å². The first-order valence-electron chi connectivity index (χ1n) is 9.85. The number of rotatable bonds is 3. The highest BCUT2D eigenvalue weighted by atomic mass is 16.5. The van der Waals surface area contributed by atoms with Crippen molar-refractivity contribution in [3.63, 3.8) is 0 Å². The summed E-state index contributed by atoms with van der Waals surface area (Å²) in [5.74, 6) is 1.88. The van der Waals surface area contributed by atoms with Gasteiger partial charge in [-0.15, -0.1) is 0 Å². The number of aromatic nitrogens is 4. The first kappa shape index (κ1) is 18.1. The molecular formula is C20H27N5O2. The maximum atomic E-state index is 13.2. The van der Waals surface area contributed by atoms with Crippen LogP contribution in [0.25, 0.3) is 11.5 Å². The summed E-state index contributed by atoms with van der Waals surface area (Å²) >= 11 is 0. The Bertz CT molecular complexity index is 812. The summed E-state index contributed by atoms with van der Waals surface area (Å²) in [5.41, 5.74) is 1.75. The van der Waals surface area contributed by atoms with Crippen LogP contribution in [0.15, 0.2) is 18.5 Å². The molecule has 0 N–H and O–H groups in total. The zero-order valence-corrected chi connectivity index (χ0v) is 16.1. The summed E-state index contributed by atoms with van der Waals surface area (Å²) in [6, 6.07) is 2.03. The lowest BCUT2D eigenvalue weighted by molar-refractivity contribution is -0.142. The Morgan fingerprint density at radius 2 is 2.00 bits per heavy atom. The predicted molar refractivity (Wildman–Crippen MR) is 101 cm³/mol. The van der Waals surface area contributed by atoms with Crippen molar-refractivity contribution in [2.24, 2.45) is 13.0 Å². The third-order valence-electron chi connectivity index (χ3n) is 5.61. The Balaban J connectivity index is 1.64. The van der Waals surface area contributed by atoms with Gasteiger partial charge in [-0.05, 0) is 45.1 Å². The van der Waals surface area contributed by atoms with E-state index < -0.39 is 0 Å². The number of carbonyl (C=O) groups excluding carboxylic acids is 1. The maximum absolute atomic E-state index is 13.2. The number of nitrogens with zero attached hydrogens (tertiary/aromatic N) is 5. The lowest BCUT2D eigenvalue weighted by Gasteiger charge is -2.38. The molecule has 2 aromatic rings. The van der Waals surface area contributed by atoms with Crippen molar-refractivity contribution >= 4 is 5.91 Å². The molecule has 4 heterocycles. The average molecular weight is 369 g/mol. The Morgan fingerprint density at radius 3 is 2.74 bits per heavy atom. The molecule has 1 atom stereocenters. The molecule has 7 nitrogen and oxygen atoms in total. The minimum absolute atomic E-state index is 0.0230. The van der Waals surface area contributed by atoms with E-state index in [2.05, 4.69) is 14.9 Å². The van der Waals surface area contributed by atoms with Crippen LogP contribution in [0.3, 0.4) is 0 Å². The van der Waals surface area contributed by atoms with Crippen molar-refractivity contribution < 1.29 is 9.53 Å². The summed E-state index contributed by atoms with van der Waals surface area (Å²) in [5, 5.41) is 0. The summed E-state index contributed by atoms with van der Waals surface area (Å²) in [7, 11) is 1.96. The number of aryl methyl sites for hydroxylation is 2. The SMILES string of the molecule is Cc1nc(-c2nccn2C)cc([C@H]2CCCCN2C(=O)C2CCOCC2)n1. The van der Waals surface area contributed by atoms with E-state index in [-0.39, 0.29) is 17.9 Å². The first-order chi connectivity index (χ1) is 13.1. The fraction of sp³-hybridized carbons (Fsp3) is 0.600. The van der Waals surface area contributed by atoms with Crippen LogP contribution in [-0.4, -0.2) is 50.1 Å². The third kappa shape index (κ3) is 3.74. The molecule has 2 aliphatic rings. The van der Waals surface area contributed by atoms with Gasteiger partial charge in [-0.1, -0.05) is 0 Å². The van der Waals surface area contributed by atoms with Crippen LogP contribution in [0.2, 0.25) is 0 Å². The number of imidazole rings is 1. The van der Waals surface area contributed by atoms with Crippen LogP contribution < -0.4 is 0 Å². The molecule has 2 fully saturated rings. The van der Waals surface area contributed by atoms with Gasteiger partial charge in [0.2, 0.25) is 5.91 Å². The van der Waals surface area contributed by atoms with Crippen LogP contribution >= 0.6 is 0 Å². The molecule has 27 heavy (non-hydrogen) atoms. The Kier molecular flexibility index (Phi) is 5.20. The standard InChI is InChI=1S/C20H27N5O2/c1-14-22-16(13-17(23-14)19-21-8-10-24(19)2)18-5-3-4-9-25(18)20(26)15-6-11-27-12-7-15/h8,10,13,15,18H,3-7,9,11-12H2,1-2H3/t18-/m1/s1. The van der Waals surface area contributed by atoms with Crippen LogP contribution in [0.5, 0.6) is 0 Å². The van der Waals surface area contributed by atoms with E-state index >= 15 is 0 Å². The topological polar surface area (TPSA) is 73.1 Å². The molecule has 0 aliphatic carbocycles. The number of hydrogen-bond acceptors (Lipinski definition) is 5. The number of amides is 1. The predicted octanol–water partition coefficient (Wildman–Crippen LogP) is 2.67. The highest BCUT2D eigenvalue weighted by molar-refractivity contribution is 5.79. The van der Waals surface area contributed by atoms with Gasteiger partial charge in [-0.25, -0.2) is 15.0 Å². The van der Waals surface area contributed by atoms with E-state index in [0.717, 1.165) is 61.7 Å². The van der Waals surface area contributed by atoms with E-state index in [9.17, 15) is 4.79 Å². The molecule has 2 aliphatic heterocycles. The van der Waals surface area contributed by atoms with Gasteiger partial charge < -0.3 is 14.2 Å². The third-order valence-corrected chi connectivity index (χ3v) is 5.61. The van der Waals surface area contributed by atoms with E-state index in [4.69, 9.17) is 9.72 Å². The Hall–Kier alpha value is -2.28. The van der Waals surface area contributed by atoms with Crippen molar-refractivity contribution in [3.8, 4) is 11.5 Å². The second-order valence-corrected chi connectivity index (χ2v) is 7.52. The van der Waals surface area contributed by atoms with Crippen molar-refractivity contribution in [2.45, 2.75) is 45.1 Å². The highest BCUT2D eigenvalue weighted by Gasteiger charge is 2.34. The number of likely N-dealkylation sites (tertiary alicyclic amines) is 1. The molecule has 2 aromatic heterocycles. The monoisotopic (exact) mass is 369 g/mol. The zero-order chi connectivity index (χ0) is 18.8. The summed E-state index contributed by atoms with van der Waals surface area (Å²) < 4.78 is 7.39. The van der Waals surface area contributed by atoms with Crippen molar-refractivity contribution in [3.05, 3.63) is 30.0 Å². The average Bonchev–Trinajstić information content (AvgIpc) is 3.13. The number of carbonyl (C=O) groups is 1. The lowest BCUT2D eigenvalue weighted by Crippen LogP contribution is -2.43. The lowest BCUT2D eigenvalue weighted by atomic mass is 9.93. The fourth-order valence-electron chi connectivity index (χ4n) is 4.17. The van der Waals surface area contributed by atoms with Gasteiger partial charge in [0, 0.05) is 45.1 Å². The number of hydrogen-bond donors (Lipinski definition) is 0. The van der Waals surface area contributed by atoms with Gasteiger partial charge in [0.1, 0.15) is 11.5 Å². The summed E-state index contributed by atoms with van der Waals surface area (Å²) in [6.07, 6.45) is 8.45. The molecule has 1 amide bonds. The van der Waals surface area contributed by atoms with E-state index in [1.807, 2.05) is 30.8 Å². The summed E-state index contributed by atoms with van der Waals surface area (Å²) in [6.45, 7) is 4.08. The second-order valence-electron chi connectivity index (χ2n) is 7.52.